The van der Waals surface area contributed by atoms with Crippen molar-refractivity contribution < 1.29 is 29.8 Å². The molecule has 4 N–H and O–H groups in total. The van der Waals surface area contributed by atoms with Crippen LogP contribution in [-0.2, 0) is 32.6 Å². The number of thiazole rings is 1. The smallest absolute Gasteiger partial charge is 0.249 e. The van der Waals surface area contributed by atoms with Crippen LogP contribution in [0, 0.1) is 6.92 Å². The molecule has 0 spiro atoms. The topological polar surface area (TPSA) is 158 Å². The zero-order valence-corrected chi connectivity index (χ0v) is 19.9. The number of nitrogens with two attached hydrogens (primary N) is 1. The number of hydrogen-bond acceptors (Lipinski definition) is 9. The summed E-state index contributed by atoms with van der Waals surface area (Å²) in [7, 11) is -3.53. The molecule has 29 heavy (non-hydrogen) atoms. The Morgan fingerprint density at radius 2 is 2.03 bits per heavy atom. The standard InChI is InChI=1S/C12H18AsNO5.C4H6N2O2S2/c1-4-10-7-6-8-11(12(10)14-9(3)15)13(16,19-17)18-5-2;1-3-4(9-2-6-3)10(5,7)8/h6-8,17H,4-5H2,1-3H3,(H,14,15);2H,1H3,(H2,5,7,8). The Hall–Kier alpha value is -1.53. The molecule has 0 aliphatic carbocycles. The molecule has 1 unspecified atom stereocenters. The molecule has 1 amide bonds. The van der Waals surface area contributed by atoms with Crippen LogP contribution in [-0.4, -0.2) is 45.3 Å². The van der Waals surface area contributed by atoms with Crippen molar-refractivity contribution in [2.24, 2.45) is 5.14 Å². The van der Waals surface area contributed by atoms with Crippen LogP contribution in [0.5, 0.6) is 0 Å². The molecule has 0 fully saturated rings. The molecule has 2 rings (SSSR count). The molecule has 0 aliphatic rings. The van der Waals surface area contributed by atoms with E-state index in [1.165, 1.54) is 18.5 Å². The second-order valence-electron chi connectivity index (χ2n) is 5.61. The molecule has 0 radical (unpaired) electrons. The van der Waals surface area contributed by atoms with Gasteiger partial charge in [-0.1, -0.05) is 0 Å². The van der Waals surface area contributed by atoms with Crippen molar-refractivity contribution in [2.75, 3.05) is 11.9 Å². The van der Waals surface area contributed by atoms with Crippen LogP contribution in [0.25, 0.3) is 0 Å². The molecule has 1 atom stereocenters. The Kier molecular flexibility index (Phi) is 9.69. The molecule has 0 saturated carbocycles. The van der Waals surface area contributed by atoms with Gasteiger partial charge in [0.1, 0.15) is 0 Å². The van der Waals surface area contributed by atoms with Crippen LogP contribution in [0.3, 0.4) is 0 Å². The van der Waals surface area contributed by atoms with Gasteiger partial charge in [-0.25, -0.2) is 18.5 Å². The van der Waals surface area contributed by atoms with E-state index in [2.05, 4.69) is 14.2 Å². The average Bonchev–Trinajstić information content (AvgIpc) is 3.08. The van der Waals surface area contributed by atoms with Crippen molar-refractivity contribution in [1.29, 1.82) is 0 Å². The molecular weight excluding hydrogens is 485 g/mol. The molecule has 1 aromatic heterocycles. The largest absolute Gasteiger partial charge is 0.249 e. The van der Waals surface area contributed by atoms with Gasteiger partial charge >= 0.3 is 114 Å². The molecule has 0 aliphatic heterocycles. The van der Waals surface area contributed by atoms with Crippen LogP contribution in [0.4, 0.5) is 5.69 Å². The van der Waals surface area contributed by atoms with Crippen LogP contribution in [0.2, 0.25) is 0 Å². The molecule has 0 saturated heterocycles. The summed E-state index contributed by atoms with van der Waals surface area (Å²) in [6.07, 6.45) is 0.636. The third kappa shape index (κ3) is 7.03. The number of nitrogens with zero attached hydrogens (tertiary/aromatic N) is 1. The van der Waals surface area contributed by atoms with E-state index in [0.717, 1.165) is 16.9 Å². The Morgan fingerprint density at radius 3 is 2.41 bits per heavy atom. The average molecular weight is 509 g/mol. The fourth-order valence-electron chi connectivity index (χ4n) is 2.30. The SMILES string of the molecule is CCO[As](=O)(OO)c1cccc(CC)c1NC(C)=O.Cc1ncsc1S(N)(=O)=O. The van der Waals surface area contributed by atoms with Gasteiger partial charge in [0.15, 0.2) is 4.21 Å². The van der Waals surface area contributed by atoms with Crippen LogP contribution in [0.1, 0.15) is 32.0 Å². The number of aromatic nitrogens is 1. The summed E-state index contributed by atoms with van der Waals surface area (Å²) in [6.45, 7) is 6.65. The van der Waals surface area contributed by atoms with Gasteiger partial charge in [0.2, 0.25) is 10.0 Å². The van der Waals surface area contributed by atoms with Gasteiger partial charge in [-0.3, -0.25) is 0 Å². The zero-order chi connectivity index (χ0) is 22.2. The first-order chi connectivity index (χ1) is 13.5. The summed E-state index contributed by atoms with van der Waals surface area (Å²) >= 11 is -3.52. The van der Waals surface area contributed by atoms with E-state index >= 15 is 0 Å². The number of aryl methyl sites for hydroxylation is 2. The quantitative estimate of drug-likeness (QED) is 0.287. The minimum Gasteiger partial charge on any atom is -0.249 e. The first-order valence-electron chi connectivity index (χ1n) is 8.40. The predicted molar refractivity (Wildman–Crippen MR) is 110 cm³/mol. The number of amides is 1. The maximum Gasteiger partial charge on any atom is 0.249 e. The maximum atomic E-state index is 12.5. The number of rotatable bonds is 7. The first kappa shape index (κ1) is 25.5. The summed E-state index contributed by atoms with van der Waals surface area (Å²) < 4.78 is 43.4. The van der Waals surface area contributed by atoms with E-state index in [4.69, 9.17) is 14.1 Å². The van der Waals surface area contributed by atoms with Crippen molar-refractivity contribution in [2.45, 2.75) is 38.3 Å². The number of carbonyl (C=O) groups excluding carboxylic acids is 1. The summed E-state index contributed by atoms with van der Waals surface area (Å²) in [6, 6.07) is 5.01. The molecular formula is C16H24AsN3O7S2. The molecule has 2 aromatic rings. The third-order valence-corrected chi connectivity index (χ3v) is 9.72. The van der Waals surface area contributed by atoms with Crippen LogP contribution >= 0.6 is 11.3 Å². The van der Waals surface area contributed by atoms with Crippen LogP contribution < -0.4 is 14.8 Å². The van der Waals surface area contributed by atoms with Crippen LogP contribution in [0.15, 0.2) is 27.9 Å². The Morgan fingerprint density at radius 1 is 1.38 bits per heavy atom. The molecule has 0 bridgehead atoms. The van der Waals surface area contributed by atoms with Crippen molar-refractivity contribution in [3.05, 3.63) is 35.0 Å². The number of hydrogen-bond donors (Lipinski definition) is 3. The van der Waals surface area contributed by atoms with Gasteiger partial charge in [-0.15, -0.1) is 11.3 Å². The van der Waals surface area contributed by atoms with Gasteiger partial charge < -0.3 is 0 Å². The summed E-state index contributed by atoms with van der Waals surface area (Å²) in [4.78, 5) is 15.0. The van der Waals surface area contributed by atoms with E-state index in [1.54, 1.807) is 26.0 Å². The normalized spacial score (nSPS) is 13.2. The maximum absolute atomic E-state index is 12.5. The number of primary sulfonamides is 1. The van der Waals surface area contributed by atoms with Gasteiger partial charge in [0, 0.05) is 0 Å². The second kappa shape index (κ2) is 11.0. The molecule has 1 heterocycles. The number of sulfonamides is 1. The Balaban J connectivity index is 0.000000352. The number of nitrogens with one attached hydrogen (secondary N) is 1. The fourth-order valence-corrected chi connectivity index (χ4v) is 6.81. The van der Waals surface area contributed by atoms with Gasteiger partial charge in [0.25, 0.3) is 0 Å². The van der Waals surface area contributed by atoms with E-state index in [9.17, 15) is 17.0 Å². The number of benzene rings is 1. The van der Waals surface area contributed by atoms with Gasteiger partial charge in [-0.2, -0.15) is 0 Å². The molecule has 13 heteroatoms. The zero-order valence-electron chi connectivity index (χ0n) is 16.4. The molecule has 162 valence electrons. The third-order valence-electron chi connectivity index (χ3n) is 3.47. The number of anilines is 1. The predicted octanol–water partition coefficient (Wildman–Crippen LogP) is 1.41. The summed E-state index contributed by atoms with van der Waals surface area (Å²) in [5, 5.41) is 16.4. The second-order valence-corrected chi connectivity index (χ2v) is 12.2. The summed E-state index contributed by atoms with van der Waals surface area (Å²) in [5.74, 6) is -0.293. The minimum atomic E-state index is -4.55. The van der Waals surface area contributed by atoms with E-state index < -0.39 is 24.2 Å². The van der Waals surface area contributed by atoms with Crippen molar-refractivity contribution in [3.8, 4) is 0 Å². The Labute approximate surface area is 176 Å². The van der Waals surface area contributed by atoms with E-state index in [0.29, 0.717) is 17.8 Å². The first-order valence-corrected chi connectivity index (χ1v) is 14.1. The summed E-state index contributed by atoms with van der Waals surface area (Å²) in [5.41, 5.74) is 3.11. The van der Waals surface area contributed by atoms with Gasteiger partial charge in [-0.05, 0) is 6.92 Å². The van der Waals surface area contributed by atoms with E-state index in [1.807, 2.05) is 6.92 Å². The van der Waals surface area contributed by atoms with Gasteiger partial charge in [0.05, 0.1) is 11.2 Å². The molecule has 10 nitrogen and oxygen atoms in total. The Bertz CT molecular complexity index is 992. The number of carbonyl (C=O) groups is 1. The molecule has 1 aromatic carbocycles. The fraction of sp³-hybridized carbons (Fsp3) is 0.375. The van der Waals surface area contributed by atoms with Crippen molar-refractivity contribution in [3.63, 3.8) is 0 Å². The number of para-hydroxylation sites is 1. The van der Waals surface area contributed by atoms with E-state index in [-0.39, 0.29) is 21.1 Å². The minimum absolute atomic E-state index is 0.132. The monoisotopic (exact) mass is 509 g/mol. The van der Waals surface area contributed by atoms with Crippen molar-refractivity contribution in [1.82, 2.24) is 4.98 Å². The van der Waals surface area contributed by atoms with Crippen molar-refractivity contribution >= 4 is 51.5 Å².